The minimum absolute atomic E-state index is 0.877. The molecular weight excluding hydrogens is 232 g/mol. The van der Waals surface area contributed by atoms with Gasteiger partial charge in [0, 0.05) is 17.4 Å². The summed E-state index contributed by atoms with van der Waals surface area (Å²) in [5.74, 6) is 1.77. The maximum absolute atomic E-state index is 5.11. The Kier molecular flexibility index (Phi) is 6.10. The maximum Gasteiger partial charge on any atom is 0.118 e. The zero-order chi connectivity index (χ0) is 12.5. The van der Waals surface area contributed by atoms with Gasteiger partial charge in [0.1, 0.15) is 5.75 Å². The van der Waals surface area contributed by atoms with Gasteiger partial charge in [-0.3, -0.25) is 0 Å². The van der Waals surface area contributed by atoms with Crippen molar-refractivity contribution in [1.82, 2.24) is 0 Å². The molecular formula is C13H16N2OS. The van der Waals surface area contributed by atoms with Crippen molar-refractivity contribution in [2.45, 2.75) is 12.7 Å². The monoisotopic (exact) mass is 248 g/mol. The molecule has 0 amide bonds. The summed E-state index contributed by atoms with van der Waals surface area (Å²) in [4.78, 5) is 1.08. The molecule has 0 heterocycles. The van der Waals surface area contributed by atoms with Crippen molar-refractivity contribution in [3.05, 3.63) is 40.8 Å². The fourth-order valence-electron chi connectivity index (χ4n) is 1.18. The number of methoxy groups -OCH3 is 1. The van der Waals surface area contributed by atoms with Crippen LogP contribution in [0.4, 0.5) is 0 Å². The molecule has 1 rings (SSSR count). The fraction of sp³-hybridized carbons (Fsp3) is 0.231. The lowest BCUT2D eigenvalue weighted by atomic mass is 10.2. The first kappa shape index (κ1) is 13.5. The molecule has 0 saturated heterocycles. The van der Waals surface area contributed by atoms with E-state index in [0.29, 0.717) is 0 Å². The molecule has 0 unspecified atom stereocenters. The fourth-order valence-corrected chi connectivity index (χ4v) is 2.00. The summed E-state index contributed by atoms with van der Waals surface area (Å²) in [7, 11) is 1.67. The van der Waals surface area contributed by atoms with Gasteiger partial charge in [0.05, 0.1) is 13.3 Å². The van der Waals surface area contributed by atoms with Crippen LogP contribution >= 0.6 is 11.8 Å². The molecule has 0 atom stereocenters. The van der Waals surface area contributed by atoms with Crippen LogP contribution in [0.15, 0.2) is 45.4 Å². The zero-order valence-electron chi connectivity index (χ0n) is 10.1. The predicted octanol–water partition coefficient (Wildman–Crippen LogP) is 3.52. The van der Waals surface area contributed by atoms with Gasteiger partial charge >= 0.3 is 0 Å². The predicted molar refractivity (Wildman–Crippen MR) is 76.1 cm³/mol. The molecule has 4 heteroatoms. The summed E-state index contributed by atoms with van der Waals surface area (Å²) < 4.78 is 5.11. The molecule has 0 radical (unpaired) electrons. The molecule has 0 N–H and O–H groups in total. The molecule has 0 aliphatic rings. The van der Waals surface area contributed by atoms with E-state index < -0.39 is 0 Å². The van der Waals surface area contributed by atoms with Gasteiger partial charge in [0.15, 0.2) is 0 Å². The molecule has 1 aromatic rings. The van der Waals surface area contributed by atoms with Crippen molar-refractivity contribution in [3.63, 3.8) is 0 Å². The smallest absolute Gasteiger partial charge is 0.118 e. The highest BCUT2D eigenvalue weighted by molar-refractivity contribution is 8.03. The van der Waals surface area contributed by atoms with E-state index in [4.69, 9.17) is 4.74 Å². The van der Waals surface area contributed by atoms with Crippen molar-refractivity contribution >= 4 is 24.7 Å². The van der Waals surface area contributed by atoms with Gasteiger partial charge in [-0.05, 0) is 24.6 Å². The Morgan fingerprint density at radius 2 is 2.12 bits per heavy atom. The third-order valence-electron chi connectivity index (χ3n) is 2.12. The molecule has 17 heavy (non-hydrogen) atoms. The summed E-state index contributed by atoms with van der Waals surface area (Å²) in [5.41, 5.74) is 1.25. The van der Waals surface area contributed by atoms with E-state index in [9.17, 15) is 0 Å². The van der Waals surface area contributed by atoms with Gasteiger partial charge in [-0.2, -0.15) is 10.2 Å². The summed E-state index contributed by atoms with van der Waals surface area (Å²) in [6, 6.07) is 8.04. The van der Waals surface area contributed by atoms with Crippen LogP contribution in [0.1, 0.15) is 12.5 Å². The number of nitrogens with zero attached hydrogens (tertiary/aromatic N) is 2. The first-order chi connectivity index (χ1) is 8.30. The van der Waals surface area contributed by atoms with E-state index in [1.807, 2.05) is 25.1 Å². The van der Waals surface area contributed by atoms with Crippen molar-refractivity contribution in [3.8, 4) is 5.75 Å². The first-order valence-electron chi connectivity index (χ1n) is 5.21. The van der Waals surface area contributed by atoms with Crippen molar-refractivity contribution < 1.29 is 4.74 Å². The van der Waals surface area contributed by atoms with Crippen LogP contribution in [0.25, 0.3) is 0 Å². The number of ether oxygens (including phenoxy) is 1. The highest BCUT2D eigenvalue weighted by Gasteiger charge is 1.97. The number of allylic oxidation sites excluding steroid dienone is 2. The van der Waals surface area contributed by atoms with E-state index in [2.05, 4.69) is 29.1 Å². The molecule has 0 aliphatic carbocycles. The lowest BCUT2D eigenvalue weighted by Gasteiger charge is -2.03. The lowest BCUT2D eigenvalue weighted by molar-refractivity contribution is 0.414. The standard InChI is InChI=1S/C13H16N2OS/c1-4-13(9-15-14-2)17-10-11-5-7-12(16-3)8-6-11/h4-9H,2,10H2,1,3H3/b13-4+,15-9-. The Balaban J connectivity index is 2.54. The molecule has 1 aromatic carbocycles. The quantitative estimate of drug-likeness (QED) is 0.570. The minimum Gasteiger partial charge on any atom is -0.497 e. The SMILES string of the molecule is C=N/N=C\C(=C/C)SCc1ccc(OC)cc1. The summed E-state index contributed by atoms with van der Waals surface area (Å²) in [6.07, 6.45) is 3.71. The van der Waals surface area contributed by atoms with Crippen LogP contribution in [0.2, 0.25) is 0 Å². The van der Waals surface area contributed by atoms with Crippen LogP contribution in [-0.2, 0) is 5.75 Å². The lowest BCUT2D eigenvalue weighted by Crippen LogP contribution is -1.85. The van der Waals surface area contributed by atoms with E-state index in [1.54, 1.807) is 25.1 Å². The Labute approximate surface area is 106 Å². The highest BCUT2D eigenvalue weighted by Crippen LogP contribution is 2.21. The Hall–Kier alpha value is -1.55. The highest BCUT2D eigenvalue weighted by atomic mass is 32.2. The third-order valence-corrected chi connectivity index (χ3v) is 3.27. The van der Waals surface area contributed by atoms with E-state index in [-0.39, 0.29) is 0 Å². The van der Waals surface area contributed by atoms with Crippen LogP contribution in [-0.4, -0.2) is 20.0 Å². The number of rotatable bonds is 6. The van der Waals surface area contributed by atoms with Crippen LogP contribution in [0, 0.1) is 0 Å². The van der Waals surface area contributed by atoms with E-state index in [0.717, 1.165) is 16.4 Å². The topological polar surface area (TPSA) is 34.0 Å². The number of benzene rings is 1. The average molecular weight is 248 g/mol. The van der Waals surface area contributed by atoms with Gasteiger partial charge < -0.3 is 4.74 Å². The van der Waals surface area contributed by atoms with Crippen LogP contribution in [0.3, 0.4) is 0 Å². The van der Waals surface area contributed by atoms with Gasteiger partial charge in [-0.15, -0.1) is 11.8 Å². The van der Waals surface area contributed by atoms with Gasteiger partial charge in [0.2, 0.25) is 0 Å². The van der Waals surface area contributed by atoms with Gasteiger partial charge in [-0.25, -0.2) is 0 Å². The van der Waals surface area contributed by atoms with Crippen molar-refractivity contribution in [2.75, 3.05) is 7.11 Å². The Morgan fingerprint density at radius 3 is 2.65 bits per heavy atom. The molecule has 0 aromatic heterocycles. The minimum atomic E-state index is 0.877. The van der Waals surface area contributed by atoms with Crippen molar-refractivity contribution in [2.24, 2.45) is 10.2 Å². The third kappa shape index (κ3) is 4.87. The molecule has 0 bridgehead atoms. The largest absolute Gasteiger partial charge is 0.497 e. The molecule has 0 aliphatic heterocycles. The second kappa shape index (κ2) is 7.68. The van der Waals surface area contributed by atoms with E-state index in [1.165, 1.54) is 5.56 Å². The summed E-state index contributed by atoms with van der Waals surface area (Å²) in [6.45, 7) is 5.28. The number of hydrogen-bond donors (Lipinski definition) is 0. The average Bonchev–Trinajstić information content (AvgIpc) is 2.39. The molecule has 3 nitrogen and oxygen atoms in total. The maximum atomic E-state index is 5.11. The number of hydrogen-bond acceptors (Lipinski definition) is 4. The summed E-state index contributed by atoms with van der Waals surface area (Å²) in [5, 5.41) is 7.21. The molecule has 0 fully saturated rings. The zero-order valence-corrected chi connectivity index (χ0v) is 10.9. The van der Waals surface area contributed by atoms with Gasteiger partial charge in [-0.1, -0.05) is 18.2 Å². The van der Waals surface area contributed by atoms with Crippen LogP contribution < -0.4 is 4.74 Å². The Bertz CT molecular complexity index is 410. The number of thioether (sulfide) groups is 1. The molecule has 0 spiro atoms. The van der Waals surface area contributed by atoms with E-state index >= 15 is 0 Å². The van der Waals surface area contributed by atoms with Gasteiger partial charge in [0.25, 0.3) is 0 Å². The second-order valence-corrected chi connectivity index (χ2v) is 4.26. The van der Waals surface area contributed by atoms with Crippen LogP contribution in [0.5, 0.6) is 5.75 Å². The van der Waals surface area contributed by atoms with Crippen molar-refractivity contribution in [1.29, 1.82) is 0 Å². The molecule has 90 valence electrons. The second-order valence-electron chi connectivity index (χ2n) is 3.21. The normalized spacial score (nSPS) is 11.8. The summed E-state index contributed by atoms with van der Waals surface area (Å²) >= 11 is 1.71. The first-order valence-corrected chi connectivity index (χ1v) is 6.19. The molecule has 0 saturated carbocycles. The Morgan fingerprint density at radius 1 is 1.41 bits per heavy atom.